The van der Waals surface area contributed by atoms with Crippen molar-refractivity contribution in [2.45, 2.75) is 30.8 Å². The summed E-state index contributed by atoms with van der Waals surface area (Å²) in [5.74, 6) is 2.11. The summed E-state index contributed by atoms with van der Waals surface area (Å²) in [6.07, 6.45) is 2.61. The Bertz CT molecular complexity index is 1510. The number of aryl methyl sites for hydroxylation is 2. The van der Waals surface area contributed by atoms with Gasteiger partial charge in [0.2, 0.25) is 0 Å². The molecule has 0 N–H and O–H groups in total. The van der Waals surface area contributed by atoms with Crippen molar-refractivity contribution in [3.8, 4) is 17.1 Å². The third-order valence-corrected chi connectivity index (χ3v) is 6.76. The topological polar surface area (TPSA) is 74.3 Å². The number of methoxy groups -OCH3 is 1. The summed E-state index contributed by atoms with van der Waals surface area (Å²) in [7, 11) is 1.65. The monoisotopic (exact) mass is 483 g/mol. The van der Waals surface area contributed by atoms with E-state index >= 15 is 0 Å². The van der Waals surface area contributed by atoms with E-state index in [2.05, 4.69) is 26.9 Å². The molecule has 0 radical (unpaired) electrons. The van der Waals surface area contributed by atoms with Gasteiger partial charge >= 0.3 is 0 Å². The summed E-state index contributed by atoms with van der Waals surface area (Å²) in [4.78, 5) is 17.3. The van der Waals surface area contributed by atoms with E-state index in [-0.39, 0.29) is 5.56 Å². The van der Waals surface area contributed by atoms with Gasteiger partial charge in [-0.1, -0.05) is 42.1 Å². The van der Waals surface area contributed by atoms with E-state index in [4.69, 9.17) is 9.72 Å². The molecule has 5 rings (SSSR count). The molecule has 2 aromatic carbocycles. The molecule has 0 atom stereocenters. The van der Waals surface area contributed by atoms with Gasteiger partial charge in [-0.25, -0.2) is 4.98 Å². The maximum absolute atomic E-state index is 12.6. The Morgan fingerprint density at radius 2 is 1.77 bits per heavy atom. The van der Waals surface area contributed by atoms with E-state index in [9.17, 15) is 4.79 Å². The lowest BCUT2D eigenvalue weighted by Gasteiger charge is -2.11. The minimum atomic E-state index is -0.0879. The van der Waals surface area contributed by atoms with Crippen LogP contribution in [0.2, 0.25) is 0 Å². The highest BCUT2D eigenvalue weighted by atomic mass is 32.2. The number of rotatable bonds is 8. The zero-order valence-electron chi connectivity index (χ0n) is 19.6. The number of benzene rings is 2. The van der Waals surface area contributed by atoms with Crippen molar-refractivity contribution in [2.24, 2.45) is 0 Å². The molecule has 0 fully saturated rings. The van der Waals surface area contributed by atoms with Gasteiger partial charge in [0.05, 0.1) is 12.8 Å². The highest BCUT2D eigenvalue weighted by Gasteiger charge is 2.16. The van der Waals surface area contributed by atoms with Crippen LogP contribution in [0.25, 0.3) is 17.0 Å². The molecule has 0 saturated carbocycles. The first-order valence-corrected chi connectivity index (χ1v) is 12.3. The lowest BCUT2D eigenvalue weighted by molar-refractivity contribution is 0.415. The maximum Gasteiger partial charge on any atom is 0.258 e. The molecule has 0 aliphatic carbocycles. The molecule has 8 heteroatoms. The molecule has 3 heterocycles. The van der Waals surface area contributed by atoms with Crippen LogP contribution in [0, 0.1) is 6.92 Å². The van der Waals surface area contributed by atoms with Crippen molar-refractivity contribution in [3.05, 3.63) is 106 Å². The number of hydrogen-bond acceptors (Lipinski definition) is 6. The SMILES string of the molecule is COc1ccc(-c2nnc(SCc3cc(=O)n4ccc(C)cc4n3)n2CCc2ccccc2)cc1. The second-order valence-electron chi connectivity index (χ2n) is 8.23. The van der Waals surface area contributed by atoms with Crippen molar-refractivity contribution in [1.82, 2.24) is 24.1 Å². The number of aromatic nitrogens is 5. The van der Waals surface area contributed by atoms with Crippen LogP contribution in [0.3, 0.4) is 0 Å². The van der Waals surface area contributed by atoms with E-state index in [1.807, 2.05) is 61.5 Å². The Kier molecular flexibility index (Phi) is 6.63. The molecule has 0 unspecified atom stereocenters. The molecule has 35 heavy (non-hydrogen) atoms. The van der Waals surface area contributed by atoms with Gasteiger partial charge in [0, 0.05) is 30.1 Å². The Balaban J connectivity index is 1.44. The first-order valence-electron chi connectivity index (χ1n) is 11.3. The summed E-state index contributed by atoms with van der Waals surface area (Å²) in [5.41, 5.74) is 4.56. The van der Waals surface area contributed by atoms with Crippen LogP contribution in [0.15, 0.2) is 88.9 Å². The van der Waals surface area contributed by atoms with Gasteiger partial charge in [-0.2, -0.15) is 0 Å². The summed E-state index contributed by atoms with van der Waals surface area (Å²) < 4.78 is 9.00. The van der Waals surface area contributed by atoms with Gasteiger partial charge < -0.3 is 9.30 Å². The largest absolute Gasteiger partial charge is 0.497 e. The molecular weight excluding hydrogens is 458 g/mol. The Morgan fingerprint density at radius 1 is 0.971 bits per heavy atom. The third kappa shape index (κ3) is 5.12. The number of hydrogen-bond donors (Lipinski definition) is 0. The Morgan fingerprint density at radius 3 is 2.54 bits per heavy atom. The van der Waals surface area contributed by atoms with Crippen LogP contribution in [0.1, 0.15) is 16.8 Å². The van der Waals surface area contributed by atoms with Gasteiger partial charge in [-0.15, -0.1) is 10.2 Å². The average molecular weight is 484 g/mol. The smallest absolute Gasteiger partial charge is 0.258 e. The molecular formula is C27H25N5O2S. The lowest BCUT2D eigenvalue weighted by atomic mass is 10.1. The highest BCUT2D eigenvalue weighted by molar-refractivity contribution is 7.98. The molecule has 0 aliphatic heterocycles. The molecule has 0 bridgehead atoms. The van der Waals surface area contributed by atoms with E-state index < -0.39 is 0 Å². The van der Waals surface area contributed by atoms with Crippen LogP contribution in [-0.2, 0) is 18.7 Å². The molecule has 0 spiro atoms. The molecule has 5 aromatic rings. The van der Waals surface area contributed by atoms with E-state index in [0.717, 1.165) is 40.8 Å². The van der Waals surface area contributed by atoms with Crippen LogP contribution >= 0.6 is 11.8 Å². The second-order valence-corrected chi connectivity index (χ2v) is 9.17. The van der Waals surface area contributed by atoms with Crippen molar-refractivity contribution in [2.75, 3.05) is 7.11 Å². The van der Waals surface area contributed by atoms with Gasteiger partial charge in [0.15, 0.2) is 11.0 Å². The summed E-state index contributed by atoms with van der Waals surface area (Å²) in [6, 6.07) is 23.6. The molecule has 0 aliphatic rings. The van der Waals surface area contributed by atoms with E-state index in [1.54, 1.807) is 23.8 Å². The zero-order valence-corrected chi connectivity index (χ0v) is 20.4. The molecule has 7 nitrogen and oxygen atoms in total. The van der Waals surface area contributed by atoms with Crippen LogP contribution in [0.5, 0.6) is 5.75 Å². The Labute approximate surface area is 207 Å². The number of fused-ring (bicyclic) bond motifs is 1. The molecule has 0 saturated heterocycles. The van der Waals surface area contributed by atoms with Crippen molar-refractivity contribution in [3.63, 3.8) is 0 Å². The van der Waals surface area contributed by atoms with Gasteiger partial charge in [-0.05, 0) is 60.9 Å². The fourth-order valence-corrected chi connectivity index (χ4v) is 4.76. The van der Waals surface area contributed by atoms with Gasteiger partial charge in [-0.3, -0.25) is 9.20 Å². The van der Waals surface area contributed by atoms with Gasteiger partial charge in [0.25, 0.3) is 5.56 Å². The van der Waals surface area contributed by atoms with Crippen molar-refractivity contribution >= 4 is 17.4 Å². The fraction of sp³-hybridized carbons (Fsp3) is 0.185. The molecule has 176 valence electrons. The fourth-order valence-electron chi connectivity index (χ4n) is 3.90. The predicted octanol–water partition coefficient (Wildman–Crippen LogP) is 4.81. The number of pyridine rings is 1. The van der Waals surface area contributed by atoms with Crippen LogP contribution in [-0.4, -0.2) is 31.3 Å². The minimum absolute atomic E-state index is 0.0879. The summed E-state index contributed by atoms with van der Waals surface area (Å²) in [5, 5.41) is 9.80. The normalized spacial score (nSPS) is 11.1. The Hall–Kier alpha value is -3.91. The standard InChI is InChI=1S/C27H25N5O2S/c1-19-12-14-31-24(16-19)28-22(17-25(31)33)18-35-27-30-29-26(21-8-10-23(34-2)11-9-21)32(27)15-13-20-6-4-3-5-7-20/h3-12,14,16-17H,13,15,18H2,1-2H3. The third-order valence-electron chi connectivity index (χ3n) is 5.76. The zero-order chi connectivity index (χ0) is 24.2. The molecule has 3 aromatic heterocycles. The highest BCUT2D eigenvalue weighted by Crippen LogP contribution is 2.27. The van der Waals surface area contributed by atoms with Crippen LogP contribution in [0.4, 0.5) is 0 Å². The second kappa shape index (κ2) is 10.1. The quantitative estimate of drug-likeness (QED) is 0.295. The van der Waals surface area contributed by atoms with Gasteiger partial charge in [0.1, 0.15) is 11.4 Å². The number of ether oxygens (including phenoxy) is 1. The average Bonchev–Trinajstić information content (AvgIpc) is 3.29. The first kappa shape index (κ1) is 22.9. The number of nitrogens with zero attached hydrogens (tertiary/aromatic N) is 5. The first-order chi connectivity index (χ1) is 17.1. The van der Waals surface area contributed by atoms with E-state index in [0.29, 0.717) is 17.1 Å². The van der Waals surface area contributed by atoms with E-state index in [1.165, 1.54) is 17.3 Å². The summed E-state index contributed by atoms with van der Waals surface area (Å²) >= 11 is 1.53. The maximum atomic E-state index is 12.6. The van der Waals surface area contributed by atoms with Crippen molar-refractivity contribution < 1.29 is 4.74 Å². The molecule has 0 amide bonds. The summed E-state index contributed by atoms with van der Waals surface area (Å²) in [6.45, 7) is 2.72. The minimum Gasteiger partial charge on any atom is -0.497 e. The van der Waals surface area contributed by atoms with Crippen LogP contribution < -0.4 is 10.3 Å². The lowest BCUT2D eigenvalue weighted by Crippen LogP contribution is -2.15. The van der Waals surface area contributed by atoms with Crippen molar-refractivity contribution in [1.29, 1.82) is 0 Å². The predicted molar refractivity (Wildman–Crippen MR) is 138 cm³/mol. The number of thioether (sulfide) groups is 1.